The molecule has 0 atom stereocenters. The predicted molar refractivity (Wildman–Crippen MR) is 86.8 cm³/mol. The first-order valence-corrected chi connectivity index (χ1v) is 8.73. The Balaban J connectivity index is 1.83. The van der Waals surface area contributed by atoms with Crippen molar-refractivity contribution in [2.24, 2.45) is 7.05 Å². The Labute approximate surface area is 143 Å². The van der Waals surface area contributed by atoms with Crippen molar-refractivity contribution < 1.29 is 17.2 Å². The summed E-state index contributed by atoms with van der Waals surface area (Å²) in [5.74, 6) is -2.29. The van der Waals surface area contributed by atoms with Crippen LogP contribution in [-0.2, 0) is 23.6 Å². The van der Waals surface area contributed by atoms with Gasteiger partial charge in [-0.05, 0) is 29.8 Å². The molecular weight excluding hydrogens is 350 g/mol. The minimum absolute atomic E-state index is 0.158. The van der Waals surface area contributed by atoms with E-state index in [-0.39, 0.29) is 6.54 Å². The molecule has 0 saturated carbocycles. The van der Waals surface area contributed by atoms with Crippen LogP contribution in [0.15, 0.2) is 53.8 Å². The smallest absolute Gasteiger partial charge is 0.246 e. The summed E-state index contributed by atoms with van der Waals surface area (Å²) >= 11 is 0. The number of nitrogens with one attached hydrogen (secondary N) is 1. The van der Waals surface area contributed by atoms with Gasteiger partial charge < -0.3 is 0 Å². The van der Waals surface area contributed by atoms with Crippen molar-refractivity contribution >= 4 is 10.0 Å². The molecule has 0 radical (unpaired) electrons. The van der Waals surface area contributed by atoms with Crippen LogP contribution in [0.3, 0.4) is 0 Å². The summed E-state index contributed by atoms with van der Waals surface area (Å²) in [6, 6.07) is 6.40. The molecule has 0 unspecified atom stereocenters. The first-order chi connectivity index (χ1) is 11.9. The second-order valence-electron chi connectivity index (χ2n) is 5.30. The molecule has 3 rings (SSSR count). The summed E-state index contributed by atoms with van der Waals surface area (Å²) in [7, 11) is -2.57. The van der Waals surface area contributed by atoms with Gasteiger partial charge >= 0.3 is 0 Å². The molecule has 2 heterocycles. The molecule has 0 aliphatic rings. The average molecular weight is 364 g/mol. The van der Waals surface area contributed by atoms with E-state index in [0.717, 1.165) is 29.5 Å². The number of benzene rings is 1. The monoisotopic (exact) mass is 364 g/mol. The van der Waals surface area contributed by atoms with Crippen LogP contribution < -0.4 is 4.72 Å². The minimum atomic E-state index is -4.34. The quantitative estimate of drug-likeness (QED) is 0.753. The largest absolute Gasteiger partial charge is 0.268 e. The maximum Gasteiger partial charge on any atom is 0.246 e. The van der Waals surface area contributed by atoms with Crippen LogP contribution >= 0.6 is 0 Å². The number of aromatic nitrogens is 3. The van der Waals surface area contributed by atoms with E-state index in [1.807, 2.05) is 0 Å². The standard InChI is InChI=1S/C16H14F2N4O2S/c1-22-15(5-6-20-22)12-7-11(8-19-10-12)9-21-25(23,24)16-13(17)3-2-4-14(16)18/h2-8,10,21H,9H2,1H3. The van der Waals surface area contributed by atoms with Gasteiger partial charge in [0.25, 0.3) is 0 Å². The molecule has 2 aromatic heterocycles. The second-order valence-corrected chi connectivity index (χ2v) is 7.00. The zero-order valence-corrected chi connectivity index (χ0v) is 14.0. The fourth-order valence-corrected chi connectivity index (χ4v) is 3.52. The van der Waals surface area contributed by atoms with E-state index in [0.29, 0.717) is 5.56 Å². The zero-order valence-electron chi connectivity index (χ0n) is 13.1. The van der Waals surface area contributed by atoms with Crippen LogP contribution in [0.25, 0.3) is 11.3 Å². The average Bonchev–Trinajstić information content (AvgIpc) is 2.99. The highest BCUT2D eigenvalue weighted by molar-refractivity contribution is 7.89. The maximum atomic E-state index is 13.7. The molecule has 9 heteroatoms. The molecule has 0 fully saturated rings. The van der Waals surface area contributed by atoms with Crippen LogP contribution in [0.2, 0.25) is 0 Å². The number of nitrogens with zero attached hydrogens (tertiary/aromatic N) is 3. The summed E-state index contributed by atoms with van der Waals surface area (Å²) < 4.78 is 55.6. The molecule has 0 spiro atoms. The molecule has 1 N–H and O–H groups in total. The third kappa shape index (κ3) is 3.57. The van der Waals surface area contributed by atoms with Gasteiger partial charge in [-0.25, -0.2) is 21.9 Å². The number of aryl methyl sites for hydroxylation is 1. The first-order valence-electron chi connectivity index (χ1n) is 7.24. The number of sulfonamides is 1. The van der Waals surface area contributed by atoms with Crippen molar-refractivity contribution in [1.29, 1.82) is 0 Å². The maximum absolute atomic E-state index is 13.7. The van der Waals surface area contributed by atoms with Gasteiger partial charge in [0.05, 0.1) is 5.69 Å². The van der Waals surface area contributed by atoms with Crippen LogP contribution in [0.5, 0.6) is 0 Å². The summed E-state index contributed by atoms with van der Waals surface area (Å²) in [5, 5.41) is 4.06. The Morgan fingerprint density at radius 3 is 2.52 bits per heavy atom. The topological polar surface area (TPSA) is 76.9 Å². The van der Waals surface area contributed by atoms with Crippen LogP contribution in [-0.4, -0.2) is 23.2 Å². The van der Waals surface area contributed by atoms with Gasteiger partial charge in [-0.3, -0.25) is 9.67 Å². The number of pyridine rings is 1. The van der Waals surface area contributed by atoms with Gasteiger partial charge in [0.2, 0.25) is 10.0 Å². The molecule has 0 aliphatic heterocycles. The molecule has 6 nitrogen and oxygen atoms in total. The lowest BCUT2D eigenvalue weighted by Crippen LogP contribution is -2.25. The molecular formula is C16H14F2N4O2S. The predicted octanol–water partition coefficient (Wildman–Crippen LogP) is 2.24. The number of halogens is 2. The zero-order chi connectivity index (χ0) is 18.0. The van der Waals surface area contributed by atoms with Crippen LogP contribution in [0.1, 0.15) is 5.56 Å². The fraction of sp³-hybridized carbons (Fsp3) is 0.125. The normalized spacial score (nSPS) is 11.6. The number of hydrogen-bond donors (Lipinski definition) is 1. The summed E-state index contributed by atoms with van der Waals surface area (Å²) in [4.78, 5) is 3.07. The van der Waals surface area contributed by atoms with E-state index in [9.17, 15) is 17.2 Å². The Kier molecular flexibility index (Phi) is 4.60. The minimum Gasteiger partial charge on any atom is -0.268 e. The number of hydrogen-bond acceptors (Lipinski definition) is 4. The number of rotatable bonds is 5. The molecule has 1 aromatic carbocycles. The highest BCUT2D eigenvalue weighted by Crippen LogP contribution is 2.20. The van der Waals surface area contributed by atoms with E-state index in [4.69, 9.17) is 0 Å². The third-order valence-corrected chi connectivity index (χ3v) is 5.02. The lowest BCUT2D eigenvalue weighted by atomic mass is 10.1. The van der Waals surface area contributed by atoms with E-state index in [1.165, 1.54) is 6.20 Å². The molecule has 25 heavy (non-hydrogen) atoms. The third-order valence-electron chi connectivity index (χ3n) is 3.57. The Hall–Kier alpha value is -2.65. The van der Waals surface area contributed by atoms with Gasteiger partial charge in [-0.2, -0.15) is 5.10 Å². The molecule has 0 amide bonds. The van der Waals surface area contributed by atoms with E-state index in [2.05, 4.69) is 14.8 Å². The Bertz CT molecular complexity index is 998. The lowest BCUT2D eigenvalue weighted by Gasteiger charge is -2.09. The highest BCUT2D eigenvalue weighted by Gasteiger charge is 2.23. The van der Waals surface area contributed by atoms with Crippen molar-refractivity contribution in [2.45, 2.75) is 11.4 Å². The van der Waals surface area contributed by atoms with Crippen molar-refractivity contribution in [3.8, 4) is 11.3 Å². The second kappa shape index (κ2) is 6.69. The van der Waals surface area contributed by atoms with Gasteiger partial charge in [0.1, 0.15) is 11.6 Å². The molecule has 130 valence electrons. The van der Waals surface area contributed by atoms with E-state index in [1.54, 1.807) is 36.3 Å². The summed E-state index contributed by atoms with van der Waals surface area (Å²) in [6.45, 7) is -0.158. The SMILES string of the molecule is Cn1nccc1-c1cncc(CNS(=O)(=O)c2c(F)cccc2F)c1. The van der Waals surface area contributed by atoms with E-state index >= 15 is 0 Å². The fourth-order valence-electron chi connectivity index (χ4n) is 2.37. The molecule has 0 saturated heterocycles. The molecule has 0 bridgehead atoms. The van der Waals surface area contributed by atoms with Crippen molar-refractivity contribution in [3.63, 3.8) is 0 Å². The van der Waals surface area contributed by atoms with Crippen LogP contribution in [0, 0.1) is 11.6 Å². The van der Waals surface area contributed by atoms with Gasteiger partial charge in [0.15, 0.2) is 4.90 Å². The lowest BCUT2D eigenvalue weighted by molar-refractivity contribution is 0.514. The van der Waals surface area contributed by atoms with E-state index < -0.39 is 26.6 Å². The van der Waals surface area contributed by atoms with Crippen LogP contribution in [0.4, 0.5) is 8.78 Å². The highest BCUT2D eigenvalue weighted by atomic mass is 32.2. The van der Waals surface area contributed by atoms with Crippen molar-refractivity contribution in [2.75, 3.05) is 0 Å². The summed E-state index contributed by atoms with van der Waals surface area (Å²) in [6.07, 6.45) is 4.72. The first kappa shape index (κ1) is 17.2. The summed E-state index contributed by atoms with van der Waals surface area (Å²) in [5.41, 5.74) is 2.09. The Morgan fingerprint density at radius 1 is 1.16 bits per heavy atom. The van der Waals surface area contributed by atoms with Gasteiger partial charge in [0, 0.05) is 37.7 Å². The molecule has 3 aromatic rings. The Morgan fingerprint density at radius 2 is 1.88 bits per heavy atom. The van der Waals surface area contributed by atoms with Crippen molar-refractivity contribution in [3.05, 3.63) is 66.1 Å². The molecule has 0 aliphatic carbocycles. The van der Waals surface area contributed by atoms with Crippen molar-refractivity contribution in [1.82, 2.24) is 19.5 Å². The van der Waals surface area contributed by atoms with Gasteiger partial charge in [-0.1, -0.05) is 6.07 Å². The van der Waals surface area contributed by atoms with Gasteiger partial charge in [-0.15, -0.1) is 0 Å².